The fourth-order valence-electron chi connectivity index (χ4n) is 3.79. The summed E-state index contributed by atoms with van der Waals surface area (Å²) in [4.78, 5) is 36.6. The van der Waals surface area contributed by atoms with Crippen LogP contribution in [0.4, 0.5) is 5.69 Å². The predicted molar refractivity (Wildman–Crippen MR) is 132 cm³/mol. The van der Waals surface area contributed by atoms with Gasteiger partial charge in [-0.2, -0.15) is 0 Å². The van der Waals surface area contributed by atoms with Gasteiger partial charge in [0, 0.05) is 16.1 Å². The molecule has 0 radical (unpaired) electrons. The standard InChI is InChI=1S/C24H20N4O2S2/c1-13-4-6-16(7-5-13)21-14(2)31-23-22(21)24(30)28(12-25-23)11-20(29)27-17-8-9-18-19(10-17)32-15(3)26-18/h4-10,12H,11H2,1-3H3,(H,27,29). The van der Waals surface area contributed by atoms with Crippen LogP contribution in [0.15, 0.2) is 53.6 Å². The third kappa shape index (κ3) is 3.72. The molecular weight excluding hydrogens is 440 g/mol. The zero-order valence-electron chi connectivity index (χ0n) is 17.8. The lowest BCUT2D eigenvalue weighted by molar-refractivity contribution is -0.116. The second-order valence-electron chi connectivity index (χ2n) is 7.72. The van der Waals surface area contributed by atoms with E-state index in [9.17, 15) is 9.59 Å². The summed E-state index contributed by atoms with van der Waals surface area (Å²) in [5, 5.41) is 4.42. The Labute approximate surface area is 192 Å². The Morgan fingerprint density at radius 3 is 2.62 bits per heavy atom. The number of nitrogens with one attached hydrogen (secondary N) is 1. The van der Waals surface area contributed by atoms with Crippen LogP contribution < -0.4 is 10.9 Å². The Hall–Kier alpha value is -3.36. The average Bonchev–Trinajstić information content (AvgIpc) is 3.29. The maximum absolute atomic E-state index is 13.3. The molecule has 32 heavy (non-hydrogen) atoms. The summed E-state index contributed by atoms with van der Waals surface area (Å²) in [6.45, 7) is 5.87. The molecule has 5 aromatic rings. The number of thiazole rings is 1. The molecule has 1 amide bonds. The maximum Gasteiger partial charge on any atom is 0.263 e. The van der Waals surface area contributed by atoms with Crippen molar-refractivity contribution in [2.75, 3.05) is 5.32 Å². The number of carbonyl (C=O) groups is 1. The van der Waals surface area contributed by atoms with Gasteiger partial charge in [-0.05, 0) is 44.5 Å². The highest BCUT2D eigenvalue weighted by atomic mass is 32.1. The lowest BCUT2D eigenvalue weighted by Crippen LogP contribution is -2.27. The Kier molecular flexibility index (Phi) is 5.11. The number of anilines is 1. The van der Waals surface area contributed by atoms with Gasteiger partial charge in [-0.25, -0.2) is 9.97 Å². The number of carbonyl (C=O) groups excluding carboxylic acids is 1. The minimum atomic E-state index is -0.280. The van der Waals surface area contributed by atoms with E-state index in [0.29, 0.717) is 15.9 Å². The number of aromatic nitrogens is 3. The molecule has 0 fully saturated rings. The van der Waals surface area contributed by atoms with Crippen LogP contribution in [-0.4, -0.2) is 20.4 Å². The Morgan fingerprint density at radius 1 is 1.06 bits per heavy atom. The van der Waals surface area contributed by atoms with Gasteiger partial charge in [0.15, 0.2) is 0 Å². The zero-order valence-corrected chi connectivity index (χ0v) is 19.4. The molecule has 0 aliphatic heterocycles. The SMILES string of the molecule is Cc1ccc(-c2c(C)sc3ncn(CC(=O)Nc4ccc5nc(C)sc5c4)c(=O)c23)cc1. The van der Waals surface area contributed by atoms with Gasteiger partial charge in [-0.15, -0.1) is 22.7 Å². The zero-order chi connectivity index (χ0) is 22.4. The van der Waals surface area contributed by atoms with Crippen LogP contribution in [0.25, 0.3) is 31.6 Å². The quantitative estimate of drug-likeness (QED) is 0.395. The first-order chi connectivity index (χ1) is 15.4. The summed E-state index contributed by atoms with van der Waals surface area (Å²) in [5.41, 5.74) is 4.41. The van der Waals surface area contributed by atoms with Crippen molar-refractivity contribution < 1.29 is 4.79 Å². The molecule has 2 aromatic carbocycles. The molecule has 0 bridgehead atoms. The van der Waals surface area contributed by atoms with Gasteiger partial charge in [0.05, 0.1) is 26.9 Å². The fourth-order valence-corrected chi connectivity index (χ4v) is 5.66. The van der Waals surface area contributed by atoms with Crippen LogP contribution in [-0.2, 0) is 11.3 Å². The van der Waals surface area contributed by atoms with Crippen molar-refractivity contribution in [3.63, 3.8) is 0 Å². The summed E-state index contributed by atoms with van der Waals surface area (Å²) in [6, 6.07) is 13.7. The number of aryl methyl sites for hydroxylation is 3. The summed E-state index contributed by atoms with van der Waals surface area (Å²) in [6.07, 6.45) is 1.45. The van der Waals surface area contributed by atoms with Crippen molar-refractivity contribution in [3.05, 3.63) is 74.6 Å². The molecule has 3 heterocycles. The predicted octanol–water partition coefficient (Wildman–Crippen LogP) is 5.30. The molecule has 8 heteroatoms. The summed E-state index contributed by atoms with van der Waals surface area (Å²) < 4.78 is 2.38. The molecule has 0 saturated carbocycles. The number of nitrogens with zero attached hydrogens (tertiary/aromatic N) is 3. The van der Waals surface area contributed by atoms with Crippen LogP contribution in [0, 0.1) is 20.8 Å². The molecular formula is C24H20N4O2S2. The number of hydrogen-bond acceptors (Lipinski definition) is 6. The lowest BCUT2D eigenvalue weighted by Gasteiger charge is -2.08. The van der Waals surface area contributed by atoms with Crippen LogP contribution in [0.3, 0.4) is 0 Å². The van der Waals surface area contributed by atoms with Crippen molar-refractivity contribution in [1.82, 2.24) is 14.5 Å². The second-order valence-corrected chi connectivity index (χ2v) is 10.2. The minimum absolute atomic E-state index is 0.107. The van der Waals surface area contributed by atoms with E-state index in [4.69, 9.17) is 0 Å². The van der Waals surface area contributed by atoms with Crippen LogP contribution in [0.2, 0.25) is 0 Å². The largest absolute Gasteiger partial charge is 0.324 e. The smallest absolute Gasteiger partial charge is 0.263 e. The molecule has 0 saturated heterocycles. The van der Waals surface area contributed by atoms with E-state index in [2.05, 4.69) is 15.3 Å². The highest BCUT2D eigenvalue weighted by Gasteiger charge is 2.18. The van der Waals surface area contributed by atoms with Gasteiger partial charge in [-0.1, -0.05) is 29.8 Å². The first-order valence-corrected chi connectivity index (χ1v) is 11.7. The van der Waals surface area contributed by atoms with E-state index >= 15 is 0 Å². The van der Waals surface area contributed by atoms with Crippen molar-refractivity contribution in [2.24, 2.45) is 0 Å². The van der Waals surface area contributed by atoms with E-state index < -0.39 is 0 Å². The van der Waals surface area contributed by atoms with Crippen LogP contribution in [0.5, 0.6) is 0 Å². The van der Waals surface area contributed by atoms with Gasteiger partial charge >= 0.3 is 0 Å². The molecule has 0 atom stereocenters. The molecule has 1 N–H and O–H groups in total. The highest BCUT2D eigenvalue weighted by molar-refractivity contribution is 7.19. The second kappa shape index (κ2) is 7.96. The number of benzene rings is 2. The molecule has 0 unspecified atom stereocenters. The Morgan fingerprint density at radius 2 is 1.84 bits per heavy atom. The molecule has 5 rings (SSSR count). The summed E-state index contributed by atoms with van der Waals surface area (Å²) in [7, 11) is 0. The number of amides is 1. The van der Waals surface area contributed by atoms with Gasteiger partial charge < -0.3 is 5.32 Å². The van der Waals surface area contributed by atoms with Crippen LogP contribution >= 0.6 is 22.7 Å². The minimum Gasteiger partial charge on any atom is -0.324 e. The first-order valence-electron chi connectivity index (χ1n) is 10.1. The molecule has 0 aliphatic carbocycles. The van der Waals surface area contributed by atoms with Gasteiger partial charge in [0.2, 0.25) is 5.91 Å². The third-order valence-electron chi connectivity index (χ3n) is 5.29. The molecule has 0 spiro atoms. The monoisotopic (exact) mass is 460 g/mol. The summed E-state index contributed by atoms with van der Waals surface area (Å²) in [5.74, 6) is -0.280. The normalized spacial score (nSPS) is 11.3. The van der Waals surface area contributed by atoms with Gasteiger partial charge in [0.1, 0.15) is 11.4 Å². The summed E-state index contributed by atoms with van der Waals surface area (Å²) >= 11 is 3.07. The Balaban J connectivity index is 1.46. The molecule has 160 valence electrons. The molecule has 3 aromatic heterocycles. The topological polar surface area (TPSA) is 76.9 Å². The van der Waals surface area contributed by atoms with E-state index in [1.54, 1.807) is 11.3 Å². The van der Waals surface area contributed by atoms with Crippen molar-refractivity contribution in [1.29, 1.82) is 0 Å². The van der Waals surface area contributed by atoms with Crippen LogP contribution in [0.1, 0.15) is 15.4 Å². The maximum atomic E-state index is 13.3. The van der Waals surface area contributed by atoms with E-state index in [-0.39, 0.29) is 18.0 Å². The molecule has 0 aliphatic rings. The van der Waals surface area contributed by atoms with Gasteiger partial charge in [0.25, 0.3) is 5.56 Å². The highest BCUT2D eigenvalue weighted by Crippen LogP contribution is 2.35. The van der Waals surface area contributed by atoms with Crippen molar-refractivity contribution >= 4 is 54.7 Å². The Bertz CT molecular complexity index is 1540. The van der Waals surface area contributed by atoms with E-state index in [0.717, 1.165) is 36.8 Å². The molecule has 6 nitrogen and oxygen atoms in total. The number of fused-ring (bicyclic) bond motifs is 2. The van der Waals surface area contributed by atoms with E-state index in [1.165, 1.54) is 22.2 Å². The fraction of sp³-hybridized carbons (Fsp3) is 0.167. The van der Waals surface area contributed by atoms with E-state index in [1.807, 2.05) is 63.2 Å². The van der Waals surface area contributed by atoms with Gasteiger partial charge in [-0.3, -0.25) is 14.2 Å². The van der Waals surface area contributed by atoms with Crippen molar-refractivity contribution in [2.45, 2.75) is 27.3 Å². The number of rotatable bonds is 4. The average molecular weight is 461 g/mol. The van der Waals surface area contributed by atoms with Crippen molar-refractivity contribution in [3.8, 4) is 11.1 Å². The number of thiophene rings is 1. The lowest BCUT2D eigenvalue weighted by atomic mass is 10.0. The number of hydrogen-bond donors (Lipinski definition) is 1. The first kappa shape index (κ1) is 20.5. The third-order valence-corrected chi connectivity index (χ3v) is 7.23.